The zero-order chi connectivity index (χ0) is 26.7. The highest BCUT2D eigenvalue weighted by Gasteiger charge is 2.31. The summed E-state index contributed by atoms with van der Waals surface area (Å²) in [4.78, 5) is 25.2. The molecule has 1 amide bonds. The van der Waals surface area contributed by atoms with Gasteiger partial charge in [0.25, 0.3) is 5.91 Å². The van der Waals surface area contributed by atoms with Crippen molar-refractivity contribution in [3.63, 3.8) is 0 Å². The molecule has 1 N–H and O–H groups in total. The molecule has 37 heavy (non-hydrogen) atoms. The van der Waals surface area contributed by atoms with Crippen LogP contribution in [-0.2, 0) is 38.9 Å². The minimum absolute atomic E-state index is 0.0226. The van der Waals surface area contributed by atoms with E-state index in [9.17, 15) is 22.4 Å². The average molecular weight is 610 g/mol. The Morgan fingerprint density at radius 3 is 2.57 bits per heavy atom. The second kappa shape index (κ2) is 11.3. The Kier molecular flexibility index (Phi) is 8.33. The van der Waals surface area contributed by atoms with E-state index in [2.05, 4.69) is 21.2 Å². The molecular weight excluding hydrogens is 587 g/mol. The van der Waals surface area contributed by atoms with Gasteiger partial charge in [-0.3, -0.25) is 4.79 Å². The van der Waals surface area contributed by atoms with Gasteiger partial charge in [0.2, 0.25) is 10.0 Å². The number of nitrogens with zero attached hydrogens (tertiary/aromatic N) is 1. The van der Waals surface area contributed by atoms with Crippen LogP contribution in [0.1, 0.15) is 27.0 Å². The standard InChI is InChI=1S/C26H23BrClFN2O5S/c1-36-26(33)23(12-17-6-8-20(27)14-22(17)29)30-25(32)18-7-9-21(28)24(13-18)37(34,35)31-11-10-16-4-2-3-5-19(16)15-31/h2-9,13-14,23H,10-12,15H2,1H3,(H,30,32)/t23-/m1/s1. The first-order valence-electron chi connectivity index (χ1n) is 11.3. The van der Waals surface area contributed by atoms with E-state index in [-0.39, 0.29) is 40.6 Å². The number of rotatable bonds is 7. The topological polar surface area (TPSA) is 92.8 Å². The van der Waals surface area contributed by atoms with Gasteiger partial charge in [-0.25, -0.2) is 17.6 Å². The highest BCUT2D eigenvalue weighted by atomic mass is 79.9. The van der Waals surface area contributed by atoms with E-state index in [4.69, 9.17) is 16.3 Å². The van der Waals surface area contributed by atoms with Gasteiger partial charge in [0.15, 0.2) is 0 Å². The lowest BCUT2D eigenvalue weighted by molar-refractivity contribution is -0.142. The number of carbonyl (C=O) groups is 2. The number of sulfonamides is 1. The zero-order valence-corrected chi connectivity index (χ0v) is 22.9. The van der Waals surface area contributed by atoms with Gasteiger partial charge < -0.3 is 10.1 Å². The van der Waals surface area contributed by atoms with Crippen LogP contribution >= 0.6 is 27.5 Å². The molecule has 0 spiro atoms. The maximum atomic E-state index is 14.4. The first-order valence-corrected chi connectivity index (χ1v) is 13.9. The van der Waals surface area contributed by atoms with Gasteiger partial charge in [-0.2, -0.15) is 4.31 Å². The molecule has 0 saturated heterocycles. The molecule has 1 atom stereocenters. The Bertz CT molecular complexity index is 1470. The maximum Gasteiger partial charge on any atom is 0.328 e. The van der Waals surface area contributed by atoms with Crippen LogP contribution in [0.25, 0.3) is 0 Å². The van der Waals surface area contributed by atoms with Crippen LogP contribution < -0.4 is 5.32 Å². The molecule has 1 aliphatic heterocycles. The molecular formula is C26H23BrClFN2O5S. The summed E-state index contributed by atoms with van der Waals surface area (Å²) in [5, 5.41) is 2.49. The average Bonchev–Trinajstić information content (AvgIpc) is 2.89. The number of nitrogens with one attached hydrogen (secondary N) is 1. The van der Waals surface area contributed by atoms with Crippen molar-refractivity contribution in [3.05, 3.63) is 98.2 Å². The summed E-state index contributed by atoms with van der Waals surface area (Å²) in [6.07, 6.45) is 0.393. The molecule has 194 valence electrons. The van der Waals surface area contributed by atoms with Crippen LogP contribution in [-0.4, -0.2) is 44.3 Å². The van der Waals surface area contributed by atoms with Gasteiger partial charge in [-0.05, 0) is 53.4 Å². The number of hydrogen-bond donors (Lipinski definition) is 1. The summed E-state index contributed by atoms with van der Waals surface area (Å²) in [5.74, 6) is -2.06. The van der Waals surface area contributed by atoms with E-state index in [1.807, 2.05) is 24.3 Å². The number of carbonyl (C=O) groups excluding carboxylic acids is 2. The van der Waals surface area contributed by atoms with Crippen molar-refractivity contribution in [1.82, 2.24) is 9.62 Å². The smallest absolute Gasteiger partial charge is 0.328 e. The summed E-state index contributed by atoms with van der Waals surface area (Å²) in [6, 6.07) is 14.6. The summed E-state index contributed by atoms with van der Waals surface area (Å²) in [5.41, 5.74) is 2.17. The third-order valence-electron chi connectivity index (χ3n) is 6.14. The Morgan fingerprint density at radius 1 is 1.14 bits per heavy atom. The predicted molar refractivity (Wildman–Crippen MR) is 140 cm³/mol. The fraction of sp³-hybridized carbons (Fsp3) is 0.231. The SMILES string of the molecule is COC(=O)[C@@H](Cc1ccc(Br)cc1F)NC(=O)c1ccc(Cl)c(S(=O)(=O)N2CCc3ccccc3C2)c1. The second-order valence-corrected chi connectivity index (χ2v) is 11.7. The monoisotopic (exact) mass is 608 g/mol. The third-order valence-corrected chi connectivity index (χ3v) is 8.96. The van der Waals surface area contributed by atoms with Crippen molar-refractivity contribution >= 4 is 49.4 Å². The lowest BCUT2D eigenvalue weighted by Gasteiger charge is -2.28. The van der Waals surface area contributed by atoms with Crippen LogP contribution in [0.2, 0.25) is 5.02 Å². The molecule has 3 aromatic carbocycles. The number of halogens is 3. The van der Waals surface area contributed by atoms with Crippen molar-refractivity contribution in [2.24, 2.45) is 0 Å². The van der Waals surface area contributed by atoms with Crippen LogP contribution in [0, 0.1) is 5.82 Å². The molecule has 4 rings (SSSR count). The fourth-order valence-electron chi connectivity index (χ4n) is 4.14. The van der Waals surface area contributed by atoms with Gasteiger partial charge >= 0.3 is 5.97 Å². The molecule has 0 aromatic heterocycles. The zero-order valence-electron chi connectivity index (χ0n) is 19.7. The highest BCUT2D eigenvalue weighted by Crippen LogP contribution is 2.30. The lowest BCUT2D eigenvalue weighted by atomic mass is 10.0. The summed E-state index contributed by atoms with van der Waals surface area (Å²) in [7, 11) is -2.87. The summed E-state index contributed by atoms with van der Waals surface area (Å²) in [6.45, 7) is 0.462. The quantitative estimate of drug-likeness (QED) is 0.398. The van der Waals surface area contributed by atoms with Crippen molar-refractivity contribution < 1.29 is 27.1 Å². The van der Waals surface area contributed by atoms with Crippen molar-refractivity contribution in [2.45, 2.75) is 30.3 Å². The summed E-state index contributed by atoms with van der Waals surface area (Å²) >= 11 is 9.44. The highest BCUT2D eigenvalue weighted by molar-refractivity contribution is 9.10. The lowest BCUT2D eigenvalue weighted by Crippen LogP contribution is -2.43. The van der Waals surface area contributed by atoms with Crippen LogP contribution in [0.4, 0.5) is 4.39 Å². The predicted octanol–water partition coefficient (Wildman–Crippen LogP) is 4.50. The molecule has 0 aliphatic carbocycles. The minimum atomic E-state index is -4.02. The van der Waals surface area contributed by atoms with Crippen LogP contribution in [0.15, 0.2) is 70.0 Å². The van der Waals surface area contributed by atoms with Gasteiger partial charge in [0, 0.05) is 29.5 Å². The van der Waals surface area contributed by atoms with Gasteiger partial charge in [0.1, 0.15) is 16.8 Å². The van der Waals surface area contributed by atoms with Crippen LogP contribution in [0.5, 0.6) is 0 Å². The number of fused-ring (bicyclic) bond motifs is 1. The number of hydrogen-bond acceptors (Lipinski definition) is 5. The first kappa shape index (κ1) is 27.3. The van der Waals surface area contributed by atoms with E-state index in [0.29, 0.717) is 10.9 Å². The molecule has 1 heterocycles. The van der Waals surface area contributed by atoms with Gasteiger partial charge in [0.05, 0.1) is 12.1 Å². The number of ether oxygens (including phenoxy) is 1. The van der Waals surface area contributed by atoms with Crippen LogP contribution in [0.3, 0.4) is 0 Å². The first-order chi connectivity index (χ1) is 17.6. The second-order valence-electron chi connectivity index (χ2n) is 8.49. The van der Waals surface area contributed by atoms with E-state index in [1.165, 1.54) is 34.6 Å². The molecule has 0 saturated carbocycles. The normalized spacial score (nSPS) is 14.5. The van der Waals surface area contributed by atoms with E-state index < -0.39 is 33.8 Å². The van der Waals surface area contributed by atoms with Gasteiger partial charge in [-0.1, -0.05) is 57.9 Å². The molecule has 11 heteroatoms. The Morgan fingerprint density at radius 2 is 1.86 bits per heavy atom. The minimum Gasteiger partial charge on any atom is -0.467 e. The molecule has 0 bridgehead atoms. The molecule has 7 nitrogen and oxygen atoms in total. The Labute approximate surface area is 227 Å². The largest absolute Gasteiger partial charge is 0.467 e. The molecule has 0 unspecified atom stereocenters. The fourth-order valence-corrected chi connectivity index (χ4v) is 6.39. The van der Waals surface area contributed by atoms with Crippen molar-refractivity contribution in [2.75, 3.05) is 13.7 Å². The van der Waals surface area contributed by atoms with Crippen molar-refractivity contribution in [1.29, 1.82) is 0 Å². The number of amides is 1. The third kappa shape index (κ3) is 6.04. The Hall–Kier alpha value is -2.79. The van der Waals surface area contributed by atoms with E-state index in [0.717, 1.165) is 18.2 Å². The molecule has 1 aliphatic rings. The van der Waals surface area contributed by atoms with Gasteiger partial charge in [-0.15, -0.1) is 0 Å². The van der Waals surface area contributed by atoms with E-state index >= 15 is 0 Å². The van der Waals surface area contributed by atoms with E-state index in [1.54, 1.807) is 6.07 Å². The molecule has 0 fully saturated rings. The Balaban J connectivity index is 1.58. The maximum absolute atomic E-state index is 14.4. The summed E-state index contributed by atoms with van der Waals surface area (Å²) < 4.78 is 47.9. The number of benzene rings is 3. The molecule has 0 radical (unpaired) electrons. The number of esters is 1. The van der Waals surface area contributed by atoms with Crippen molar-refractivity contribution in [3.8, 4) is 0 Å². The number of methoxy groups -OCH3 is 1. The molecule has 3 aromatic rings.